The highest BCUT2D eigenvalue weighted by atomic mass is 19.2. The Morgan fingerprint density at radius 3 is 2.56 bits per heavy atom. The van der Waals surface area contributed by atoms with Crippen LogP contribution in [0.2, 0.25) is 0 Å². The van der Waals surface area contributed by atoms with E-state index in [9.17, 15) is 18.4 Å². The maximum Gasteiger partial charge on any atom is 0.411 e. The van der Waals surface area contributed by atoms with Crippen molar-refractivity contribution < 1.29 is 23.1 Å². The topological polar surface area (TPSA) is 58.6 Å². The molecule has 2 amide bonds. The Labute approximate surface area is 146 Å². The van der Waals surface area contributed by atoms with E-state index >= 15 is 0 Å². The van der Waals surface area contributed by atoms with Gasteiger partial charge in [0.2, 0.25) is 5.91 Å². The predicted octanol–water partition coefficient (Wildman–Crippen LogP) is 3.02. The lowest BCUT2D eigenvalue weighted by atomic mass is 10.1. The largest absolute Gasteiger partial charge is 0.444 e. The van der Waals surface area contributed by atoms with E-state index in [1.54, 1.807) is 20.8 Å². The van der Waals surface area contributed by atoms with Gasteiger partial charge in [0, 0.05) is 12.6 Å². The molecule has 1 fully saturated rings. The van der Waals surface area contributed by atoms with Gasteiger partial charge in [-0.1, -0.05) is 12.1 Å². The minimum atomic E-state index is -0.909. The molecule has 0 spiro atoms. The van der Waals surface area contributed by atoms with Crippen molar-refractivity contribution in [3.05, 3.63) is 35.4 Å². The van der Waals surface area contributed by atoms with E-state index in [0.29, 0.717) is 0 Å². The van der Waals surface area contributed by atoms with Crippen molar-refractivity contribution in [2.45, 2.75) is 51.7 Å². The zero-order chi connectivity index (χ0) is 18.6. The first-order valence-corrected chi connectivity index (χ1v) is 8.36. The number of benzene rings is 1. The Morgan fingerprint density at radius 2 is 1.96 bits per heavy atom. The van der Waals surface area contributed by atoms with Gasteiger partial charge < -0.3 is 10.1 Å². The number of halogens is 2. The third-order valence-electron chi connectivity index (χ3n) is 3.68. The second-order valence-corrected chi connectivity index (χ2v) is 7.15. The summed E-state index contributed by atoms with van der Waals surface area (Å²) < 4.78 is 32.0. The number of ether oxygens (including phenoxy) is 1. The Morgan fingerprint density at radius 1 is 1.28 bits per heavy atom. The molecule has 1 aromatic carbocycles. The molecule has 0 atom stereocenters. The number of nitrogens with one attached hydrogen (secondary N) is 1. The summed E-state index contributed by atoms with van der Waals surface area (Å²) in [5, 5.41) is 2.63. The van der Waals surface area contributed by atoms with Crippen LogP contribution in [-0.4, -0.2) is 41.6 Å². The fourth-order valence-corrected chi connectivity index (χ4v) is 2.34. The lowest BCUT2D eigenvalue weighted by Crippen LogP contribution is -2.44. The highest BCUT2D eigenvalue weighted by Gasteiger charge is 2.36. The van der Waals surface area contributed by atoms with Crippen molar-refractivity contribution in [1.82, 2.24) is 10.2 Å². The summed E-state index contributed by atoms with van der Waals surface area (Å²) in [6.07, 6.45) is 1.36. The molecular weight excluding hydrogens is 330 g/mol. The first-order valence-electron chi connectivity index (χ1n) is 8.36. The lowest BCUT2D eigenvalue weighted by Gasteiger charge is -2.27. The maximum absolute atomic E-state index is 13.6. The number of carbonyl (C=O) groups excluding carboxylic acids is 2. The minimum absolute atomic E-state index is 0.0289. The molecule has 0 radical (unpaired) electrons. The van der Waals surface area contributed by atoms with Crippen LogP contribution in [0.5, 0.6) is 0 Å². The van der Waals surface area contributed by atoms with Crippen LogP contribution in [0.3, 0.4) is 0 Å². The highest BCUT2D eigenvalue weighted by molar-refractivity contribution is 5.82. The van der Waals surface area contributed by atoms with Crippen LogP contribution in [0, 0.1) is 11.6 Å². The monoisotopic (exact) mass is 354 g/mol. The molecule has 0 aliphatic heterocycles. The fourth-order valence-electron chi connectivity index (χ4n) is 2.34. The molecule has 25 heavy (non-hydrogen) atoms. The lowest BCUT2D eigenvalue weighted by molar-refractivity contribution is -0.122. The van der Waals surface area contributed by atoms with Crippen molar-refractivity contribution in [2.24, 2.45) is 0 Å². The summed E-state index contributed by atoms with van der Waals surface area (Å²) in [6, 6.07) is 3.97. The van der Waals surface area contributed by atoms with Crippen molar-refractivity contribution in [3.63, 3.8) is 0 Å². The molecular formula is C18H24F2N2O3. The van der Waals surface area contributed by atoms with Gasteiger partial charge in [-0.3, -0.25) is 9.69 Å². The summed E-state index contributed by atoms with van der Waals surface area (Å²) >= 11 is 0. The van der Waals surface area contributed by atoms with Gasteiger partial charge >= 0.3 is 6.09 Å². The first-order chi connectivity index (χ1) is 11.7. The van der Waals surface area contributed by atoms with E-state index in [2.05, 4.69) is 5.32 Å². The molecule has 1 aliphatic carbocycles. The Hall–Kier alpha value is -2.18. The summed E-state index contributed by atoms with van der Waals surface area (Å²) in [7, 11) is 0. The summed E-state index contributed by atoms with van der Waals surface area (Å²) in [5.41, 5.74) is -0.429. The quantitative estimate of drug-likeness (QED) is 0.854. The number of rotatable bonds is 6. The van der Waals surface area contributed by atoms with Crippen LogP contribution in [0.25, 0.3) is 0 Å². The molecule has 1 saturated carbocycles. The van der Waals surface area contributed by atoms with Crippen LogP contribution < -0.4 is 5.32 Å². The van der Waals surface area contributed by atoms with Crippen molar-refractivity contribution in [1.29, 1.82) is 0 Å². The molecule has 0 saturated heterocycles. The SMILES string of the molecule is CC(C)(C)OC(=O)N(CC(=O)NCCc1cccc(F)c1F)C1CC1. The number of hydrogen-bond donors (Lipinski definition) is 1. The Balaban J connectivity index is 1.83. The van der Waals surface area contributed by atoms with Crippen molar-refractivity contribution >= 4 is 12.0 Å². The molecule has 0 aromatic heterocycles. The molecule has 5 nitrogen and oxygen atoms in total. The Bertz CT molecular complexity index is 640. The van der Waals surface area contributed by atoms with Gasteiger partial charge in [-0.05, 0) is 51.7 Å². The highest BCUT2D eigenvalue weighted by Crippen LogP contribution is 2.28. The summed E-state index contributed by atoms with van der Waals surface area (Å²) in [6.45, 7) is 5.36. The van der Waals surface area contributed by atoms with Gasteiger partial charge in [0.05, 0.1) is 0 Å². The average Bonchev–Trinajstić information content (AvgIpc) is 3.32. The van der Waals surface area contributed by atoms with E-state index in [-0.39, 0.29) is 37.0 Å². The van der Waals surface area contributed by atoms with Gasteiger partial charge in [-0.25, -0.2) is 13.6 Å². The second-order valence-electron chi connectivity index (χ2n) is 7.15. The van der Waals surface area contributed by atoms with Crippen molar-refractivity contribution in [2.75, 3.05) is 13.1 Å². The molecule has 0 heterocycles. The Kier molecular flexibility index (Phi) is 5.98. The second kappa shape index (κ2) is 7.80. The maximum atomic E-state index is 13.6. The van der Waals surface area contributed by atoms with Gasteiger partial charge in [0.25, 0.3) is 0 Å². The molecule has 2 rings (SSSR count). The van der Waals surface area contributed by atoms with Crippen LogP contribution in [0.4, 0.5) is 13.6 Å². The first kappa shape index (κ1) is 19.1. The molecule has 0 bridgehead atoms. The van der Waals surface area contributed by atoms with Crippen molar-refractivity contribution in [3.8, 4) is 0 Å². The van der Waals surface area contributed by atoms with Gasteiger partial charge in [-0.2, -0.15) is 0 Å². The van der Waals surface area contributed by atoms with Gasteiger partial charge in [-0.15, -0.1) is 0 Å². The van der Waals surface area contributed by atoms with Crippen LogP contribution in [-0.2, 0) is 16.0 Å². The van der Waals surface area contributed by atoms with E-state index in [1.807, 2.05) is 0 Å². The normalized spacial score (nSPS) is 14.1. The van der Waals surface area contributed by atoms with Gasteiger partial charge in [0.1, 0.15) is 12.1 Å². The third kappa shape index (κ3) is 5.99. The van der Waals surface area contributed by atoms with Crippen LogP contribution in [0.15, 0.2) is 18.2 Å². The van der Waals surface area contributed by atoms with Gasteiger partial charge in [0.15, 0.2) is 11.6 Å². The molecule has 1 aliphatic rings. The number of nitrogens with zero attached hydrogens (tertiary/aromatic N) is 1. The molecule has 1 aromatic rings. The smallest absolute Gasteiger partial charge is 0.411 e. The van der Waals surface area contributed by atoms with E-state index < -0.39 is 23.3 Å². The standard InChI is InChI=1S/C18H24F2N2O3/c1-18(2,3)25-17(24)22(13-7-8-13)11-15(23)21-10-9-12-5-4-6-14(19)16(12)20/h4-6,13H,7-11H2,1-3H3,(H,21,23). The van der Waals surface area contributed by atoms with Crippen LogP contribution in [0.1, 0.15) is 39.2 Å². The van der Waals surface area contributed by atoms with E-state index in [1.165, 1.54) is 17.0 Å². The average molecular weight is 354 g/mol. The summed E-state index contributed by atoms with van der Waals surface area (Å²) in [4.78, 5) is 25.7. The molecule has 1 N–H and O–H groups in total. The van der Waals surface area contributed by atoms with Crippen LogP contribution >= 0.6 is 0 Å². The third-order valence-corrected chi connectivity index (χ3v) is 3.68. The number of hydrogen-bond acceptors (Lipinski definition) is 3. The number of carbonyl (C=O) groups is 2. The zero-order valence-electron chi connectivity index (χ0n) is 14.8. The minimum Gasteiger partial charge on any atom is -0.444 e. The van der Waals surface area contributed by atoms with E-state index in [0.717, 1.165) is 18.9 Å². The molecule has 0 unspecified atom stereocenters. The summed E-state index contributed by atoms with van der Waals surface area (Å²) in [5.74, 6) is -2.16. The molecule has 7 heteroatoms. The zero-order valence-corrected chi connectivity index (χ0v) is 14.8. The van der Waals surface area contributed by atoms with E-state index in [4.69, 9.17) is 4.74 Å². The molecule has 138 valence electrons. The fraction of sp³-hybridized carbons (Fsp3) is 0.556. The number of amides is 2. The predicted molar refractivity (Wildman–Crippen MR) is 89.0 cm³/mol.